The van der Waals surface area contributed by atoms with Crippen LogP contribution in [0, 0.1) is 0 Å². The van der Waals surface area contributed by atoms with Crippen molar-refractivity contribution in [2.45, 2.75) is 70.5 Å². The number of carbonyl (C=O) groups excluding carboxylic acids is 2. The second-order valence-electron chi connectivity index (χ2n) is 9.97. The molecular weight excluding hydrogens is 474 g/mol. The second-order valence-corrected chi connectivity index (χ2v) is 10.9. The Kier molecular flexibility index (Phi) is 7.30. The summed E-state index contributed by atoms with van der Waals surface area (Å²) in [6, 6.07) is 11.8. The van der Waals surface area contributed by atoms with Crippen LogP contribution in [0.25, 0.3) is 0 Å². The maximum Gasteiger partial charge on any atom is 0.336 e. The third-order valence-electron chi connectivity index (χ3n) is 7.01. The van der Waals surface area contributed by atoms with Crippen LogP contribution in [-0.2, 0) is 19.1 Å². The van der Waals surface area contributed by atoms with Crippen LogP contribution in [0.3, 0.4) is 0 Å². The SMILES string of the molecule is CC1=C(C(=O)OC[C@@H]2CCCO2)[C@@H](c2ccccc2OC(C)C)C2=C(C[C@H](c3cccs3)CC2=O)N1. The van der Waals surface area contributed by atoms with Crippen molar-refractivity contribution >= 4 is 23.1 Å². The molecule has 1 saturated heterocycles. The molecule has 1 aromatic carbocycles. The Morgan fingerprint density at radius 3 is 2.75 bits per heavy atom. The van der Waals surface area contributed by atoms with Crippen LogP contribution in [0.1, 0.15) is 68.7 Å². The van der Waals surface area contributed by atoms with Gasteiger partial charge in [0.25, 0.3) is 0 Å². The molecule has 2 aromatic rings. The van der Waals surface area contributed by atoms with Crippen molar-refractivity contribution in [2.75, 3.05) is 13.2 Å². The van der Waals surface area contributed by atoms with Gasteiger partial charge in [0.2, 0.25) is 0 Å². The first kappa shape index (κ1) is 24.8. The molecule has 0 spiro atoms. The molecule has 3 atom stereocenters. The molecule has 0 saturated carbocycles. The summed E-state index contributed by atoms with van der Waals surface area (Å²) in [7, 11) is 0. The van der Waals surface area contributed by atoms with E-state index in [4.69, 9.17) is 14.2 Å². The van der Waals surface area contributed by atoms with Gasteiger partial charge in [-0.3, -0.25) is 4.79 Å². The number of esters is 1. The number of para-hydroxylation sites is 1. The van der Waals surface area contributed by atoms with E-state index in [1.165, 1.54) is 4.88 Å². The van der Waals surface area contributed by atoms with Gasteiger partial charge in [-0.2, -0.15) is 0 Å². The van der Waals surface area contributed by atoms with E-state index in [-0.39, 0.29) is 30.5 Å². The fourth-order valence-corrected chi connectivity index (χ4v) is 6.28. The number of thiophene rings is 1. The summed E-state index contributed by atoms with van der Waals surface area (Å²) in [5, 5.41) is 5.48. The maximum absolute atomic E-state index is 13.8. The lowest BCUT2D eigenvalue weighted by Crippen LogP contribution is -2.36. The molecule has 0 unspecified atom stereocenters. The number of allylic oxidation sites excluding steroid dienone is 3. The van der Waals surface area contributed by atoms with Gasteiger partial charge in [-0.05, 0) is 57.5 Å². The molecule has 3 aliphatic rings. The van der Waals surface area contributed by atoms with Crippen LogP contribution in [0.5, 0.6) is 5.75 Å². The average molecular weight is 508 g/mol. The zero-order valence-corrected chi connectivity index (χ0v) is 21.9. The fraction of sp³-hybridized carbons (Fsp3) is 0.448. The van der Waals surface area contributed by atoms with Crippen LogP contribution < -0.4 is 10.1 Å². The number of carbonyl (C=O) groups is 2. The van der Waals surface area contributed by atoms with E-state index in [1.54, 1.807) is 11.3 Å². The van der Waals surface area contributed by atoms with Crippen LogP contribution in [-0.4, -0.2) is 37.2 Å². The first-order valence-corrected chi connectivity index (χ1v) is 13.6. The predicted molar refractivity (Wildman–Crippen MR) is 139 cm³/mol. The van der Waals surface area contributed by atoms with Gasteiger partial charge in [0, 0.05) is 46.4 Å². The number of nitrogens with one attached hydrogen (secondary N) is 1. The molecule has 2 aliphatic heterocycles. The molecule has 0 amide bonds. The molecule has 3 heterocycles. The third kappa shape index (κ3) is 5.00. The molecule has 7 heteroatoms. The normalized spacial score (nSPS) is 24.1. The van der Waals surface area contributed by atoms with Crippen LogP contribution in [0.2, 0.25) is 0 Å². The second kappa shape index (κ2) is 10.6. The number of rotatable bonds is 7. The molecule has 5 rings (SSSR count). The number of benzene rings is 1. The van der Waals surface area contributed by atoms with Crippen LogP contribution in [0.15, 0.2) is 64.3 Å². The van der Waals surface area contributed by atoms with Crippen molar-refractivity contribution in [1.29, 1.82) is 0 Å². The summed E-state index contributed by atoms with van der Waals surface area (Å²) in [5.41, 5.74) is 3.54. The van der Waals surface area contributed by atoms with Crippen molar-refractivity contribution in [1.82, 2.24) is 5.32 Å². The van der Waals surface area contributed by atoms with Crippen molar-refractivity contribution in [3.63, 3.8) is 0 Å². The lowest BCUT2D eigenvalue weighted by molar-refractivity contribution is -0.142. The summed E-state index contributed by atoms with van der Waals surface area (Å²) >= 11 is 1.68. The molecule has 1 aliphatic carbocycles. The Morgan fingerprint density at radius 2 is 2.03 bits per heavy atom. The highest BCUT2D eigenvalue weighted by Gasteiger charge is 2.42. The summed E-state index contributed by atoms with van der Waals surface area (Å²) in [5.74, 6) is -0.1000. The largest absolute Gasteiger partial charge is 0.491 e. The minimum atomic E-state index is -0.551. The van der Waals surface area contributed by atoms with Crippen molar-refractivity contribution in [3.8, 4) is 5.75 Å². The molecule has 0 bridgehead atoms. The third-order valence-corrected chi connectivity index (χ3v) is 8.04. The smallest absolute Gasteiger partial charge is 0.336 e. The Morgan fingerprint density at radius 1 is 1.19 bits per heavy atom. The van der Waals surface area contributed by atoms with Gasteiger partial charge in [-0.15, -0.1) is 11.3 Å². The molecule has 1 aromatic heterocycles. The summed E-state index contributed by atoms with van der Waals surface area (Å²) in [4.78, 5) is 28.5. The number of ketones is 1. The molecular formula is C29H33NO5S. The Hall–Kier alpha value is -2.90. The number of Topliss-reactive ketones (excluding diaryl/α,β-unsaturated/α-hetero) is 1. The molecule has 6 nitrogen and oxygen atoms in total. The predicted octanol–water partition coefficient (Wildman–Crippen LogP) is 5.62. The minimum Gasteiger partial charge on any atom is -0.491 e. The lowest BCUT2D eigenvalue weighted by atomic mass is 9.72. The average Bonchev–Trinajstić information content (AvgIpc) is 3.56. The minimum absolute atomic E-state index is 0.0495. The molecule has 1 fully saturated rings. The maximum atomic E-state index is 13.8. The van der Waals surface area contributed by atoms with E-state index in [0.717, 1.165) is 36.2 Å². The summed E-state index contributed by atoms with van der Waals surface area (Å²) < 4.78 is 17.6. The molecule has 0 radical (unpaired) electrons. The quantitative estimate of drug-likeness (QED) is 0.491. The topological polar surface area (TPSA) is 73.9 Å². The first-order valence-electron chi connectivity index (χ1n) is 12.7. The van der Waals surface area contributed by atoms with Crippen LogP contribution in [0.4, 0.5) is 0 Å². The van der Waals surface area contributed by atoms with Crippen molar-refractivity contribution in [2.24, 2.45) is 0 Å². The highest BCUT2D eigenvalue weighted by atomic mass is 32.1. The Labute approximate surface area is 216 Å². The monoisotopic (exact) mass is 507 g/mol. The highest BCUT2D eigenvalue weighted by Crippen LogP contribution is 2.48. The number of hydrogen-bond acceptors (Lipinski definition) is 7. The van der Waals surface area contributed by atoms with Gasteiger partial charge >= 0.3 is 5.97 Å². The van der Waals surface area contributed by atoms with Gasteiger partial charge in [0.1, 0.15) is 12.4 Å². The first-order chi connectivity index (χ1) is 17.4. The van der Waals surface area contributed by atoms with Gasteiger partial charge in [-0.1, -0.05) is 24.3 Å². The van der Waals surface area contributed by atoms with Gasteiger partial charge in [0.05, 0.1) is 23.7 Å². The summed E-state index contributed by atoms with van der Waals surface area (Å²) in [6.07, 6.45) is 2.88. The van der Waals surface area contributed by atoms with E-state index in [1.807, 2.05) is 56.5 Å². The Balaban J connectivity index is 1.55. The standard InChI is InChI=1S/C29H33NO5S/c1-17(2)35-24-10-5-4-9-21(24)27-26(29(32)34-16-20-8-6-12-33-20)18(3)30-22-14-19(15-23(31)28(22)27)25-11-7-13-36-25/h4-5,7,9-11,13,17,19-20,27,30H,6,8,12,14-16H2,1-3H3/t19-,20-,27+/m0/s1. The van der Waals surface area contributed by atoms with Gasteiger partial charge < -0.3 is 19.5 Å². The van der Waals surface area contributed by atoms with E-state index < -0.39 is 11.9 Å². The van der Waals surface area contributed by atoms with Crippen molar-refractivity contribution < 1.29 is 23.8 Å². The van der Waals surface area contributed by atoms with E-state index >= 15 is 0 Å². The van der Waals surface area contributed by atoms with Crippen LogP contribution >= 0.6 is 11.3 Å². The zero-order chi connectivity index (χ0) is 25.2. The summed E-state index contributed by atoms with van der Waals surface area (Å²) in [6.45, 7) is 6.75. The number of hydrogen-bond donors (Lipinski definition) is 1. The van der Waals surface area contributed by atoms with Crippen molar-refractivity contribution in [3.05, 3.63) is 74.8 Å². The lowest BCUT2D eigenvalue weighted by Gasteiger charge is -2.37. The molecule has 1 N–H and O–H groups in total. The molecule has 36 heavy (non-hydrogen) atoms. The highest BCUT2D eigenvalue weighted by molar-refractivity contribution is 7.10. The number of dihydropyridines is 1. The fourth-order valence-electron chi connectivity index (χ4n) is 5.45. The Bertz CT molecular complexity index is 1190. The number of ether oxygens (including phenoxy) is 3. The van der Waals surface area contributed by atoms with Gasteiger partial charge in [-0.25, -0.2) is 4.79 Å². The molecule has 190 valence electrons. The van der Waals surface area contributed by atoms with E-state index in [2.05, 4.69) is 11.4 Å². The zero-order valence-electron chi connectivity index (χ0n) is 21.0. The van der Waals surface area contributed by atoms with E-state index in [0.29, 0.717) is 29.9 Å². The van der Waals surface area contributed by atoms with Gasteiger partial charge in [0.15, 0.2) is 5.78 Å². The van der Waals surface area contributed by atoms with E-state index in [9.17, 15) is 9.59 Å².